The summed E-state index contributed by atoms with van der Waals surface area (Å²) in [6, 6.07) is 19.4. The molecule has 2 amide bonds. The molecular weight excluding hydrogens is 390 g/mol. The SMILES string of the molecule is CCOC(=O)Cc1ccc(NC(=O)N2Cc3ccccc3-n3cccc3C2CC)cc1. The predicted molar refractivity (Wildman–Crippen MR) is 120 cm³/mol. The van der Waals surface area contributed by atoms with Crippen LogP contribution >= 0.6 is 0 Å². The minimum atomic E-state index is -0.253. The van der Waals surface area contributed by atoms with Crippen LogP contribution in [0, 0.1) is 0 Å². The van der Waals surface area contributed by atoms with E-state index in [-0.39, 0.29) is 24.5 Å². The Balaban J connectivity index is 1.55. The maximum Gasteiger partial charge on any atom is 0.322 e. The van der Waals surface area contributed by atoms with Crippen LogP contribution in [0.25, 0.3) is 5.69 Å². The summed E-state index contributed by atoms with van der Waals surface area (Å²) in [5, 5.41) is 3.02. The van der Waals surface area contributed by atoms with Crippen molar-refractivity contribution in [2.24, 2.45) is 0 Å². The van der Waals surface area contributed by atoms with Crippen LogP contribution in [0.1, 0.15) is 43.1 Å². The van der Waals surface area contributed by atoms with Crippen molar-refractivity contribution in [2.75, 3.05) is 11.9 Å². The number of fused-ring (bicyclic) bond motifs is 3. The molecule has 0 fully saturated rings. The van der Waals surface area contributed by atoms with E-state index in [0.717, 1.165) is 28.9 Å². The molecule has 4 rings (SSSR count). The highest BCUT2D eigenvalue weighted by molar-refractivity contribution is 5.90. The number of urea groups is 1. The third kappa shape index (κ3) is 4.33. The largest absolute Gasteiger partial charge is 0.466 e. The lowest BCUT2D eigenvalue weighted by atomic mass is 10.1. The van der Waals surface area contributed by atoms with Crippen molar-refractivity contribution in [1.29, 1.82) is 0 Å². The maximum absolute atomic E-state index is 13.3. The number of benzene rings is 2. The van der Waals surface area contributed by atoms with Gasteiger partial charge in [-0.25, -0.2) is 4.79 Å². The Kier molecular flexibility index (Phi) is 6.07. The Bertz CT molecular complexity index is 1070. The number of hydrogen-bond acceptors (Lipinski definition) is 3. The van der Waals surface area contributed by atoms with Crippen molar-refractivity contribution in [3.8, 4) is 5.69 Å². The fourth-order valence-corrected chi connectivity index (χ4v) is 4.14. The summed E-state index contributed by atoms with van der Waals surface area (Å²) in [5.41, 5.74) is 4.87. The topological polar surface area (TPSA) is 63.6 Å². The van der Waals surface area contributed by atoms with Gasteiger partial charge in [0.25, 0.3) is 0 Å². The fourth-order valence-electron chi connectivity index (χ4n) is 4.14. The van der Waals surface area contributed by atoms with Crippen molar-refractivity contribution >= 4 is 17.7 Å². The van der Waals surface area contributed by atoms with E-state index < -0.39 is 0 Å². The minimum absolute atomic E-state index is 0.0366. The van der Waals surface area contributed by atoms with Gasteiger partial charge in [0.1, 0.15) is 0 Å². The highest BCUT2D eigenvalue weighted by Crippen LogP contribution is 2.34. The lowest BCUT2D eigenvalue weighted by Gasteiger charge is -2.29. The first kappa shape index (κ1) is 20.7. The Hall–Kier alpha value is -3.54. The van der Waals surface area contributed by atoms with Gasteiger partial charge < -0.3 is 19.5 Å². The molecule has 160 valence electrons. The molecule has 0 radical (unpaired) electrons. The second-order valence-corrected chi connectivity index (χ2v) is 7.59. The molecule has 2 heterocycles. The number of rotatable bonds is 5. The maximum atomic E-state index is 13.3. The fraction of sp³-hybridized carbons (Fsp3) is 0.280. The first-order valence-electron chi connectivity index (χ1n) is 10.7. The van der Waals surface area contributed by atoms with Crippen molar-refractivity contribution < 1.29 is 14.3 Å². The van der Waals surface area contributed by atoms with Crippen molar-refractivity contribution in [1.82, 2.24) is 9.47 Å². The van der Waals surface area contributed by atoms with Crippen LogP contribution in [0.2, 0.25) is 0 Å². The Morgan fingerprint density at radius 3 is 2.55 bits per heavy atom. The van der Waals surface area contributed by atoms with Gasteiger partial charge in [-0.2, -0.15) is 0 Å². The normalized spacial score (nSPS) is 14.9. The van der Waals surface area contributed by atoms with Gasteiger partial charge in [0, 0.05) is 17.6 Å². The summed E-state index contributed by atoms with van der Waals surface area (Å²) < 4.78 is 7.17. The number of carbonyl (C=O) groups excluding carboxylic acids is 2. The molecule has 3 aromatic rings. The summed E-state index contributed by atoms with van der Waals surface area (Å²) in [7, 11) is 0. The summed E-state index contributed by atoms with van der Waals surface area (Å²) in [5.74, 6) is -0.253. The number of ether oxygens (including phenoxy) is 1. The number of esters is 1. The zero-order chi connectivity index (χ0) is 21.8. The van der Waals surface area contributed by atoms with Gasteiger partial charge in [0.15, 0.2) is 0 Å². The quantitative estimate of drug-likeness (QED) is 0.589. The van der Waals surface area contributed by atoms with E-state index in [2.05, 4.69) is 41.2 Å². The Labute approximate surface area is 182 Å². The zero-order valence-electron chi connectivity index (χ0n) is 17.9. The number of anilines is 1. The molecule has 0 spiro atoms. The average Bonchev–Trinajstić information content (AvgIpc) is 3.20. The van der Waals surface area contributed by atoms with Crippen LogP contribution in [0.4, 0.5) is 10.5 Å². The molecular formula is C25H27N3O3. The van der Waals surface area contributed by atoms with Gasteiger partial charge in [-0.05, 0) is 54.8 Å². The summed E-state index contributed by atoms with van der Waals surface area (Å²) in [6.45, 7) is 4.79. The van der Waals surface area contributed by atoms with Gasteiger partial charge >= 0.3 is 12.0 Å². The van der Waals surface area contributed by atoms with E-state index in [1.807, 2.05) is 47.4 Å². The van der Waals surface area contributed by atoms with Gasteiger partial charge in [0.05, 0.1) is 31.3 Å². The van der Waals surface area contributed by atoms with Crippen molar-refractivity contribution in [2.45, 2.75) is 39.3 Å². The van der Waals surface area contributed by atoms with Gasteiger partial charge in [-0.15, -0.1) is 0 Å². The van der Waals surface area contributed by atoms with Gasteiger partial charge in [-0.1, -0.05) is 37.3 Å². The van der Waals surface area contributed by atoms with E-state index in [4.69, 9.17) is 4.74 Å². The first-order chi connectivity index (χ1) is 15.1. The molecule has 1 aliphatic rings. The molecule has 1 unspecified atom stereocenters. The predicted octanol–water partition coefficient (Wildman–Crippen LogP) is 5.08. The van der Waals surface area contributed by atoms with Crippen LogP contribution in [0.3, 0.4) is 0 Å². The molecule has 1 aliphatic heterocycles. The van der Waals surface area contributed by atoms with Crippen molar-refractivity contribution in [3.05, 3.63) is 83.7 Å². The number of amides is 2. The average molecular weight is 418 g/mol. The summed E-state index contributed by atoms with van der Waals surface area (Å²) >= 11 is 0. The second kappa shape index (κ2) is 9.08. The van der Waals surface area contributed by atoms with Crippen LogP contribution in [-0.2, 0) is 22.5 Å². The van der Waals surface area contributed by atoms with Crippen LogP contribution in [0.5, 0.6) is 0 Å². The van der Waals surface area contributed by atoms with E-state index in [1.54, 1.807) is 6.92 Å². The number of para-hydroxylation sites is 1. The molecule has 0 saturated heterocycles. The number of nitrogens with zero attached hydrogens (tertiary/aromatic N) is 2. The molecule has 2 aromatic carbocycles. The smallest absolute Gasteiger partial charge is 0.322 e. The number of aromatic nitrogens is 1. The summed E-state index contributed by atoms with van der Waals surface area (Å²) in [6.07, 6.45) is 3.09. The third-order valence-electron chi connectivity index (χ3n) is 5.60. The number of carbonyl (C=O) groups is 2. The molecule has 1 aromatic heterocycles. The summed E-state index contributed by atoms with van der Waals surface area (Å²) in [4.78, 5) is 26.9. The lowest BCUT2D eigenvalue weighted by Crippen LogP contribution is -2.37. The monoisotopic (exact) mass is 417 g/mol. The Morgan fingerprint density at radius 1 is 1.03 bits per heavy atom. The first-order valence-corrected chi connectivity index (χ1v) is 10.7. The van der Waals surface area contributed by atoms with E-state index in [9.17, 15) is 9.59 Å². The number of nitrogens with one attached hydrogen (secondary N) is 1. The lowest BCUT2D eigenvalue weighted by molar-refractivity contribution is -0.142. The van der Waals surface area contributed by atoms with E-state index >= 15 is 0 Å². The Morgan fingerprint density at radius 2 is 1.81 bits per heavy atom. The van der Waals surface area contributed by atoms with E-state index in [0.29, 0.717) is 18.8 Å². The third-order valence-corrected chi connectivity index (χ3v) is 5.60. The van der Waals surface area contributed by atoms with Crippen molar-refractivity contribution in [3.63, 3.8) is 0 Å². The van der Waals surface area contributed by atoms with Gasteiger partial charge in [0.2, 0.25) is 0 Å². The zero-order valence-corrected chi connectivity index (χ0v) is 17.9. The molecule has 0 saturated carbocycles. The molecule has 0 aliphatic carbocycles. The molecule has 1 N–H and O–H groups in total. The highest BCUT2D eigenvalue weighted by Gasteiger charge is 2.30. The minimum Gasteiger partial charge on any atom is -0.466 e. The van der Waals surface area contributed by atoms with E-state index in [1.165, 1.54) is 0 Å². The van der Waals surface area contributed by atoms with Crippen LogP contribution in [-0.4, -0.2) is 28.1 Å². The molecule has 6 nitrogen and oxygen atoms in total. The number of hydrogen-bond donors (Lipinski definition) is 1. The molecule has 31 heavy (non-hydrogen) atoms. The second-order valence-electron chi connectivity index (χ2n) is 7.59. The van der Waals surface area contributed by atoms with Gasteiger partial charge in [-0.3, -0.25) is 4.79 Å². The highest BCUT2D eigenvalue weighted by atomic mass is 16.5. The molecule has 0 bridgehead atoms. The van der Waals surface area contributed by atoms with Crippen LogP contribution < -0.4 is 5.32 Å². The molecule has 1 atom stereocenters. The molecule has 6 heteroatoms. The standard InChI is InChI=1S/C25H27N3O3/c1-3-21-23-10-7-15-27(23)22-9-6-5-8-19(22)17-28(21)25(30)26-20-13-11-18(12-14-20)16-24(29)31-4-2/h5-15,21H,3-4,16-17H2,1-2H3,(H,26,30). The van der Waals surface area contributed by atoms with Crippen LogP contribution in [0.15, 0.2) is 66.9 Å².